The van der Waals surface area contributed by atoms with E-state index < -0.39 is 0 Å². The van der Waals surface area contributed by atoms with E-state index in [0.717, 1.165) is 12.8 Å². The Hall–Kier alpha value is -3.02. The molecule has 0 unspecified atom stereocenters. The van der Waals surface area contributed by atoms with Gasteiger partial charge in [0.2, 0.25) is 5.91 Å². The summed E-state index contributed by atoms with van der Waals surface area (Å²) in [5.74, 6) is 0.819. The summed E-state index contributed by atoms with van der Waals surface area (Å²) in [7, 11) is 1.52. The highest BCUT2D eigenvalue weighted by Gasteiger charge is 2.12. The second-order valence-corrected chi connectivity index (χ2v) is 6.72. The first-order valence-electron chi connectivity index (χ1n) is 9.49. The molecule has 0 aliphatic rings. The van der Waals surface area contributed by atoms with Gasteiger partial charge in [-0.1, -0.05) is 19.4 Å². The van der Waals surface area contributed by atoms with Gasteiger partial charge in [0.15, 0.2) is 0 Å². The molecule has 0 atom stereocenters. The molecule has 0 bridgehead atoms. The van der Waals surface area contributed by atoms with Gasteiger partial charge in [0, 0.05) is 23.7 Å². The van der Waals surface area contributed by atoms with E-state index in [1.54, 1.807) is 36.4 Å². The fraction of sp³-hybridized carbons (Fsp3) is 0.364. The minimum atomic E-state index is -0.254. The molecule has 0 saturated carbocycles. The zero-order chi connectivity index (χ0) is 20.5. The summed E-state index contributed by atoms with van der Waals surface area (Å²) in [6.07, 6.45) is 2.29. The normalized spacial score (nSPS) is 10.5. The first-order chi connectivity index (χ1) is 13.4. The maximum Gasteiger partial charge on any atom is 0.255 e. The highest BCUT2D eigenvalue weighted by molar-refractivity contribution is 6.05. The molecule has 0 aromatic heterocycles. The average molecular weight is 384 g/mol. The Labute approximate surface area is 166 Å². The van der Waals surface area contributed by atoms with Crippen LogP contribution in [0.4, 0.5) is 11.4 Å². The van der Waals surface area contributed by atoms with Crippen molar-refractivity contribution in [1.82, 2.24) is 0 Å². The summed E-state index contributed by atoms with van der Waals surface area (Å²) >= 11 is 0. The molecule has 0 spiro atoms. The van der Waals surface area contributed by atoms with Crippen molar-refractivity contribution >= 4 is 23.2 Å². The lowest BCUT2D eigenvalue weighted by Gasteiger charge is -2.13. The van der Waals surface area contributed by atoms with Crippen LogP contribution in [0.3, 0.4) is 0 Å². The Morgan fingerprint density at radius 3 is 2.54 bits per heavy atom. The Kier molecular flexibility index (Phi) is 7.87. The third-order valence-electron chi connectivity index (χ3n) is 3.96. The molecule has 0 radical (unpaired) electrons. The Bertz CT molecular complexity index is 818. The summed E-state index contributed by atoms with van der Waals surface area (Å²) < 4.78 is 11.0. The van der Waals surface area contributed by atoms with Crippen molar-refractivity contribution in [2.24, 2.45) is 0 Å². The first kappa shape index (κ1) is 21.3. The number of rotatable bonds is 9. The van der Waals surface area contributed by atoms with Gasteiger partial charge in [0.25, 0.3) is 5.91 Å². The minimum absolute atomic E-state index is 0.0302. The van der Waals surface area contributed by atoms with E-state index in [-0.39, 0.29) is 17.9 Å². The first-order valence-corrected chi connectivity index (χ1v) is 9.49. The predicted octanol–water partition coefficient (Wildman–Crippen LogP) is 4.86. The van der Waals surface area contributed by atoms with E-state index >= 15 is 0 Å². The van der Waals surface area contributed by atoms with Gasteiger partial charge in [0.1, 0.15) is 11.5 Å². The highest BCUT2D eigenvalue weighted by Crippen LogP contribution is 2.28. The Morgan fingerprint density at radius 1 is 1.07 bits per heavy atom. The number of unbranched alkanes of at least 4 members (excludes halogenated alkanes) is 1. The second kappa shape index (κ2) is 10.3. The molecule has 2 aromatic rings. The maximum atomic E-state index is 12.6. The quantitative estimate of drug-likeness (QED) is 0.647. The van der Waals surface area contributed by atoms with Crippen molar-refractivity contribution < 1.29 is 19.1 Å². The second-order valence-electron chi connectivity index (χ2n) is 6.72. The standard InChI is InChI=1S/C22H28N2O4/c1-5-6-10-21(25)24-19-12-11-17(14-20(19)27-4)23-22(26)16-8-7-9-18(13-16)28-15(2)3/h7-9,11-15H,5-6,10H2,1-4H3,(H,23,26)(H,24,25). The van der Waals surface area contributed by atoms with Crippen LogP contribution in [0, 0.1) is 0 Å². The molecule has 0 heterocycles. The molecule has 0 saturated heterocycles. The highest BCUT2D eigenvalue weighted by atomic mass is 16.5. The molecule has 0 aliphatic carbocycles. The number of carbonyl (C=O) groups excluding carboxylic acids is 2. The largest absolute Gasteiger partial charge is 0.494 e. The summed E-state index contributed by atoms with van der Waals surface area (Å²) in [6, 6.07) is 12.2. The van der Waals surface area contributed by atoms with Crippen LogP contribution in [0.25, 0.3) is 0 Å². The van der Waals surface area contributed by atoms with E-state index in [1.807, 2.05) is 26.8 Å². The fourth-order valence-electron chi connectivity index (χ4n) is 2.61. The van der Waals surface area contributed by atoms with Crippen LogP contribution in [-0.4, -0.2) is 25.0 Å². The summed E-state index contributed by atoms with van der Waals surface area (Å²) in [5, 5.41) is 5.68. The van der Waals surface area contributed by atoms with E-state index in [2.05, 4.69) is 10.6 Å². The van der Waals surface area contributed by atoms with Gasteiger partial charge < -0.3 is 20.1 Å². The number of benzene rings is 2. The molecule has 0 aliphatic heterocycles. The summed E-state index contributed by atoms with van der Waals surface area (Å²) in [4.78, 5) is 24.5. The van der Waals surface area contributed by atoms with Gasteiger partial charge in [-0.2, -0.15) is 0 Å². The smallest absolute Gasteiger partial charge is 0.255 e. The lowest BCUT2D eigenvalue weighted by atomic mass is 10.2. The summed E-state index contributed by atoms with van der Waals surface area (Å²) in [5.41, 5.74) is 1.64. The molecule has 2 N–H and O–H groups in total. The molecule has 0 fully saturated rings. The van der Waals surface area contributed by atoms with E-state index in [0.29, 0.717) is 34.9 Å². The van der Waals surface area contributed by atoms with E-state index in [9.17, 15) is 9.59 Å². The number of nitrogens with one attached hydrogen (secondary N) is 2. The molecule has 6 heteroatoms. The predicted molar refractivity (Wildman–Crippen MR) is 111 cm³/mol. The number of amides is 2. The van der Waals surface area contributed by atoms with E-state index in [4.69, 9.17) is 9.47 Å². The van der Waals surface area contributed by atoms with Crippen molar-refractivity contribution in [1.29, 1.82) is 0 Å². The lowest BCUT2D eigenvalue weighted by Crippen LogP contribution is -2.14. The van der Waals surface area contributed by atoms with Gasteiger partial charge in [-0.3, -0.25) is 9.59 Å². The summed E-state index contributed by atoms with van der Waals surface area (Å²) in [6.45, 7) is 5.90. The van der Waals surface area contributed by atoms with Crippen molar-refractivity contribution in [2.45, 2.75) is 46.1 Å². The van der Waals surface area contributed by atoms with Crippen molar-refractivity contribution in [3.8, 4) is 11.5 Å². The average Bonchev–Trinajstić information content (AvgIpc) is 2.67. The van der Waals surface area contributed by atoms with Crippen LogP contribution in [0.1, 0.15) is 50.4 Å². The number of methoxy groups -OCH3 is 1. The molecular weight excluding hydrogens is 356 g/mol. The van der Waals surface area contributed by atoms with Crippen LogP contribution >= 0.6 is 0 Å². The van der Waals surface area contributed by atoms with Crippen LogP contribution in [0.5, 0.6) is 11.5 Å². The number of anilines is 2. The topological polar surface area (TPSA) is 76.7 Å². The fourth-order valence-corrected chi connectivity index (χ4v) is 2.61. The van der Waals surface area contributed by atoms with Crippen molar-refractivity contribution in [3.63, 3.8) is 0 Å². The lowest BCUT2D eigenvalue weighted by molar-refractivity contribution is -0.116. The number of ether oxygens (including phenoxy) is 2. The molecule has 150 valence electrons. The van der Waals surface area contributed by atoms with Crippen LogP contribution in [0.2, 0.25) is 0 Å². The Balaban J connectivity index is 2.09. The maximum absolute atomic E-state index is 12.6. The molecule has 28 heavy (non-hydrogen) atoms. The zero-order valence-corrected chi connectivity index (χ0v) is 16.9. The number of hydrogen-bond acceptors (Lipinski definition) is 4. The number of carbonyl (C=O) groups is 2. The Morgan fingerprint density at radius 2 is 1.86 bits per heavy atom. The van der Waals surface area contributed by atoms with Crippen LogP contribution in [0.15, 0.2) is 42.5 Å². The molecule has 6 nitrogen and oxygen atoms in total. The van der Waals surface area contributed by atoms with E-state index in [1.165, 1.54) is 7.11 Å². The molecule has 2 aromatic carbocycles. The van der Waals surface area contributed by atoms with Gasteiger partial charge in [-0.15, -0.1) is 0 Å². The van der Waals surface area contributed by atoms with Gasteiger partial charge in [-0.05, 0) is 50.6 Å². The third-order valence-corrected chi connectivity index (χ3v) is 3.96. The van der Waals surface area contributed by atoms with Crippen molar-refractivity contribution in [2.75, 3.05) is 17.7 Å². The van der Waals surface area contributed by atoms with Crippen LogP contribution < -0.4 is 20.1 Å². The van der Waals surface area contributed by atoms with Gasteiger partial charge >= 0.3 is 0 Å². The number of hydrogen-bond donors (Lipinski definition) is 2. The van der Waals surface area contributed by atoms with Crippen molar-refractivity contribution in [3.05, 3.63) is 48.0 Å². The monoisotopic (exact) mass is 384 g/mol. The van der Waals surface area contributed by atoms with Gasteiger partial charge in [-0.25, -0.2) is 0 Å². The van der Waals surface area contributed by atoms with Crippen LogP contribution in [-0.2, 0) is 4.79 Å². The SMILES string of the molecule is CCCCC(=O)Nc1ccc(NC(=O)c2cccc(OC(C)C)c2)cc1OC. The minimum Gasteiger partial charge on any atom is -0.494 e. The molecule has 2 rings (SSSR count). The van der Waals surface area contributed by atoms with Gasteiger partial charge in [0.05, 0.1) is 18.9 Å². The zero-order valence-electron chi connectivity index (χ0n) is 16.9. The molecular formula is C22H28N2O4. The molecule has 2 amide bonds. The third kappa shape index (κ3) is 6.30.